The highest BCUT2D eigenvalue weighted by Gasteiger charge is 1.98. The van der Waals surface area contributed by atoms with E-state index in [2.05, 4.69) is 23.1 Å². The molecule has 0 aliphatic heterocycles. The molecule has 0 heterocycles. The molecule has 0 saturated carbocycles. The van der Waals surface area contributed by atoms with Gasteiger partial charge in [-0.2, -0.15) is 0 Å². The van der Waals surface area contributed by atoms with Crippen molar-refractivity contribution < 1.29 is 0 Å². The molecule has 0 aliphatic carbocycles. The Morgan fingerprint density at radius 1 is 1.75 bits per heavy atom. The van der Waals surface area contributed by atoms with E-state index in [0.717, 1.165) is 5.57 Å². The van der Waals surface area contributed by atoms with E-state index in [-0.39, 0.29) is 6.04 Å². The van der Waals surface area contributed by atoms with E-state index in [4.69, 9.17) is 18.6 Å². The van der Waals surface area contributed by atoms with E-state index in [1.165, 1.54) is 0 Å². The highest BCUT2D eigenvalue weighted by molar-refractivity contribution is 7.80. The second-order valence-corrected chi connectivity index (χ2v) is 3.08. The summed E-state index contributed by atoms with van der Waals surface area (Å²) in [6.07, 6.45) is 5.16. The van der Waals surface area contributed by atoms with Crippen LogP contribution in [-0.2, 0) is 0 Å². The molecule has 12 heavy (non-hydrogen) atoms. The van der Waals surface area contributed by atoms with Gasteiger partial charge in [-0.3, -0.25) is 0 Å². The van der Waals surface area contributed by atoms with Crippen molar-refractivity contribution >= 4 is 17.3 Å². The molecule has 2 nitrogen and oxygen atoms in total. The Bertz CT molecular complexity index is 215. The van der Waals surface area contributed by atoms with Crippen LogP contribution in [0.25, 0.3) is 0 Å². The maximum absolute atomic E-state index is 5.16. The Kier molecular flexibility index (Phi) is 5.14. The van der Waals surface area contributed by atoms with Gasteiger partial charge in [0.25, 0.3) is 0 Å². The molecule has 0 radical (unpaired) electrons. The van der Waals surface area contributed by atoms with Gasteiger partial charge in [0.05, 0.1) is 6.04 Å². The monoisotopic (exact) mass is 182 g/mol. The van der Waals surface area contributed by atoms with Crippen molar-refractivity contribution in [3.63, 3.8) is 0 Å². The third-order valence-electron chi connectivity index (χ3n) is 1.15. The summed E-state index contributed by atoms with van der Waals surface area (Å²) in [4.78, 5) is 0. The number of hydrogen-bond donors (Lipinski definition) is 2. The van der Waals surface area contributed by atoms with Crippen molar-refractivity contribution in [3.8, 4) is 12.3 Å². The van der Waals surface area contributed by atoms with Gasteiger partial charge in [-0.15, -0.1) is 6.42 Å². The molecule has 0 bridgehead atoms. The molecule has 1 atom stereocenters. The van der Waals surface area contributed by atoms with Crippen molar-refractivity contribution in [2.24, 2.45) is 0 Å². The first-order valence-electron chi connectivity index (χ1n) is 3.71. The topological polar surface area (TPSA) is 24.1 Å². The Morgan fingerprint density at radius 2 is 2.33 bits per heavy atom. The van der Waals surface area contributed by atoms with Crippen LogP contribution < -0.4 is 10.6 Å². The van der Waals surface area contributed by atoms with Gasteiger partial charge in [-0.1, -0.05) is 18.1 Å². The second kappa shape index (κ2) is 5.62. The summed E-state index contributed by atoms with van der Waals surface area (Å²) in [6.45, 7) is 8.22. The van der Waals surface area contributed by atoms with Crippen LogP contribution in [0, 0.1) is 12.3 Å². The molecule has 0 aromatic carbocycles. The molecule has 0 rings (SSSR count). The molecule has 0 fully saturated rings. The second-order valence-electron chi connectivity index (χ2n) is 2.67. The Labute approximate surface area is 79.4 Å². The van der Waals surface area contributed by atoms with E-state index in [9.17, 15) is 0 Å². The van der Waals surface area contributed by atoms with Gasteiger partial charge in [0, 0.05) is 6.54 Å². The summed E-state index contributed by atoms with van der Waals surface area (Å²) < 4.78 is 0. The van der Waals surface area contributed by atoms with Gasteiger partial charge in [-0.05, 0) is 26.1 Å². The van der Waals surface area contributed by atoms with Crippen LogP contribution in [0.2, 0.25) is 0 Å². The normalized spacial score (nSPS) is 11.1. The van der Waals surface area contributed by atoms with Gasteiger partial charge in [0.1, 0.15) is 0 Å². The lowest BCUT2D eigenvalue weighted by molar-refractivity contribution is 0.803. The zero-order chi connectivity index (χ0) is 9.56. The Balaban J connectivity index is 3.62. The smallest absolute Gasteiger partial charge is 0.167 e. The van der Waals surface area contributed by atoms with Crippen molar-refractivity contribution in [2.45, 2.75) is 19.9 Å². The van der Waals surface area contributed by atoms with Crippen LogP contribution in [0.4, 0.5) is 0 Å². The fourth-order valence-corrected chi connectivity index (χ4v) is 0.769. The number of hydrogen-bond acceptors (Lipinski definition) is 1. The minimum absolute atomic E-state index is 0.0323. The van der Waals surface area contributed by atoms with Crippen molar-refractivity contribution in [1.82, 2.24) is 10.6 Å². The third kappa shape index (κ3) is 5.75. The van der Waals surface area contributed by atoms with Gasteiger partial charge >= 0.3 is 0 Å². The zero-order valence-electron chi connectivity index (χ0n) is 7.48. The van der Waals surface area contributed by atoms with Crippen LogP contribution in [0.5, 0.6) is 0 Å². The quantitative estimate of drug-likeness (QED) is 0.387. The van der Waals surface area contributed by atoms with Crippen LogP contribution in [0.3, 0.4) is 0 Å². The minimum atomic E-state index is -0.0323. The molecule has 2 N–H and O–H groups in total. The number of nitrogens with one attached hydrogen (secondary N) is 2. The largest absolute Gasteiger partial charge is 0.359 e. The van der Waals surface area contributed by atoms with Crippen LogP contribution in [0.1, 0.15) is 13.8 Å². The number of terminal acetylenes is 1. The van der Waals surface area contributed by atoms with Crippen LogP contribution in [0.15, 0.2) is 12.2 Å². The van der Waals surface area contributed by atoms with E-state index in [0.29, 0.717) is 11.7 Å². The molecular formula is C9H14N2S. The molecule has 0 aliphatic rings. The van der Waals surface area contributed by atoms with E-state index < -0.39 is 0 Å². The molecule has 0 amide bonds. The zero-order valence-corrected chi connectivity index (χ0v) is 8.29. The predicted molar refractivity (Wildman–Crippen MR) is 56.8 cm³/mol. The van der Waals surface area contributed by atoms with Crippen LogP contribution in [-0.4, -0.2) is 17.7 Å². The first-order chi connectivity index (χ1) is 5.56. The van der Waals surface area contributed by atoms with Gasteiger partial charge in [0.2, 0.25) is 0 Å². The maximum atomic E-state index is 5.16. The van der Waals surface area contributed by atoms with E-state index in [1.807, 2.05) is 13.8 Å². The highest BCUT2D eigenvalue weighted by Crippen LogP contribution is 1.82. The Hall–Kier alpha value is -1.01. The Morgan fingerprint density at radius 3 is 2.75 bits per heavy atom. The van der Waals surface area contributed by atoms with Gasteiger partial charge in [0.15, 0.2) is 5.11 Å². The summed E-state index contributed by atoms with van der Waals surface area (Å²) in [5, 5.41) is 6.47. The molecular weight excluding hydrogens is 168 g/mol. The molecule has 66 valence electrons. The standard InChI is InChI=1S/C9H14N2S/c1-5-8(4)11-9(12)10-6-7(2)3/h1,8H,2,6H2,3-4H3,(H2,10,11,12). The van der Waals surface area contributed by atoms with E-state index >= 15 is 0 Å². The number of rotatable bonds is 3. The maximum Gasteiger partial charge on any atom is 0.167 e. The summed E-state index contributed by atoms with van der Waals surface area (Å²) in [5.74, 6) is 2.52. The summed E-state index contributed by atoms with van der Waals surface area (Å²) >= 11 is 4.96. The molecule has 0 aromatic rings. The number of thiocarbonyl (C=S) groups is 1. The third-order valence-corrected chi connectivity index (χ3v) is 1.41. The lowest BCUT2D eigenvalue weighted by Gasteiger charge is -2.11. The minimum Gasteiger partial charge on any atom is -0.359 e. The van der Waals surface area contributed by atoms with Crippen LogP contribution >= 0.6 is 12.2 Å². The van der Waals surface area contributed by atoms with Crippen molar-refractivity contribution in [2.75, 3.05) is 6.54 Å². The van der Waals surface area contributed by atoms with Crippen molar-refractivity contribution in [1.29, 1.82) is 0 Å². The lowest BCUT2D eigenvalue weighted by atomic mass is 10.3. The van der Waals surface area contributed by atoms with Crippen molar-refractivity contribution in [3.05, 3.63) is 12.2 Å². The molecule has 3 heteroatoms. The summed E-state index contributed by atoms with van der Waals surface area (Å²) in [6, 6.07) is -0.0323. The van der Waals surface area contributed by atoms with Gasteiger partial charge < -0.3 is 10.6 Å². The molecule has 1 unspecified atom stereocenters. The molecule has 0 saturated heterocycles. The average molecular weight is 182 g/mol. The predicted octanol–water partition coefficient (Wildman–Crippen LogP) is 1.05. The average Bonchev–Trinajstić information content (AvgIpc) is 2.00. The van der Waals surface area contributed by atoms with Gasteiger partial charge in [-0.25, -0.2) is 0 Å². The SMILES string of the molecule is C#CC(C)NC(=S)NCC(=C)C. The fraction of sp³-hybridized carbons (Fsp3) is 0.444. The lowest BCUT2D eigenvalue weighted by Crippen LogP contribution is -2.40. The summed E-state index contributed by atoms with van der Waals surface area (Å²) in [5.41, 5.74) is 1.03. The molecule has 0 spiro atoms. The fourth-order valence-electron chi connectivity index (χ4n) is 0.521. The molecule has 0 aromatic heterocycles. The first kappa shape index (κ1) is 11.0. The summed E-state index contributed by atoms with van der Waals surface area (Å²) in [7, 11) is 0. The highest BCUT2D eigenvalue weighted by atomic mass is 32.1. The van der Waals surface area contributed by atoms with E-state index in [1.54, 1.807) is 0 Å². The first-order valence-corrected chi connectivity index (χ1v) is 4.12.